The average Bonchev–Trinajstić information content (AvgIpc) is 3.11. The van der Waals surface area contributed by atoms with E-state index in [0.717, 1.165) is 41.3 Å². The van der Waals surface area contributed by atoms with Gasteiger partial charge in [0.2, 0.25) is 0 Å². The minimum absolute atomic E-state index is 0.140. The number of hydrogen-bond acceptors (Lipinski definition) is 3. The molecule has 2 atom stereocenters. The molecule has 1 amide bonds. The number of amides is 1. The molecule has 2 aromatic carbocycles. The van der Waals surface area contributed by atoms with Crippen molar-refractivity contribution in [2.24, 2.45) is 0 Å². The number of anilines is 1. The molecule has 2 N–H and O–H groups in total. The maximum absolute atomic E-state index is 13.9. The Kier molecular flexibility index (Phi) is 6.19. The predicted molar refractivity (Wildman–Crippen MR) is 102 cm³/mol. The molecule has 0 aliphatic carbocycles. The summed E-state index contributed by atoms with van der Waals surface area (Å²) in [5.74, 6) is 0.709. The second-order valence-corrected chi connectivity index (χ2v) is 7.00. The molecule has 1 aliphatic rings. The van der Waals surface area contributed by atoms with Gasteiger partial charge in [0.1, 0.15) is 23.4 Å². The first-order valence-corrected chi connectivity index (χ1v) is 9.21. The maximum atomic E-state index is 13.9. The summed E-state index contributed by atoms with van der Waals surface area (Å²) in [5.41, 5.74) is 1.19. The number of rotatable bonds is 6. The first-order valence-electron chi connectivity index (χ1n) is 8.83. The number of nitrogens with one attached hydrogen (secondary N) is 2. The Labute approximate surface area is 163 Å². The van der Waals surface area contributed by atoms with E-state index in [9.17, 15) is 9.18 Å². The molecule has 0 aromatic heterocycles. The fraction of sp³-hybridized carbons (Fsp3) is 0.350. The molecule has 1 aliphatic heterocycles. The number of likely N-dealkylation sites (tertiary alicyclic amines) is 1. The van der Waals surface area contributed by atoms with Crippen LogP contribution in [0.1, 0.15) is 24.4 Å². The van der Waals surface area contributed by atoms with Crippen molar-refractivity contribution in [2.45, 2.75) is 18.9 Å². The quantitative estimate of drug-likeness (QED) is 0.793. The molecule has 3 rings (SSSR count). The van der Waals surface area contributed by atoms with Crippen LogP contribution in [0.5, 0.6) is 11.5 Å². The van der Waals surface area contributed by atoms with E-state index in [4.69, 9.17) is 21.1 Å². The molecule has 1 unspecified atom stereocenters. The summed E-state index contributed by atoms with van der Waals surface area (Å²) in [6, 6.07) is 10.1. The minimum atomic E-state index is -0.541. The van der Waals surface area contributed by atoms with E-state index < -0.39 is 5.82 Å². The van der Waals surface area contributed by atoms with Crippen LogP contribution < -0.4 is 19.7 Å². The summed E-state index contributed by atoms with van der Waals surface area (Å²) in [5, 5.41) is 2.93. The Morgan fingerprint density at radius 1 is 1.26 bits per heavy atom. The fourth-order valence-electron chi connectivity index (χ4n) is 3.60. The Hall–Kier alpha value is -2.31. The van der Waals surface area contributed by atoms with Crippen LogP contribution in [0.3, 0.4) is 0 Å². The molecule has 0 spiro atoms. The van der Waals surface area contributed by atoms with Gasteiger partial charge in [0.05, 0.1) is 32.0 Å². The molecule has 1 saturated heterocycles. The van der Waals surface area contributed by atoms with Crippen molar-refractivity contribution in [3.8, 4) is 11.5 Å². The lowest BCUT2D eigenvalue weighted by Gasteiger charge is -2.23. The van der Waals surface area contributed by atoms with Crippen LogP contribution in [0.4, 0.5) is 10.1 Å². The first-order chi connectivity index (χ1) is 13.0. The first kappa shape index (κ1) is 19.5. The second-order valence-electron chi connectivity index (χ2n) is 6.56. The lowest BCUT2D eigenvalue weighted by atomic mass is 10.0. The van der Waals surface area contributed by atoms with Crippen molar-refractivity contribution in [3.63, 3.8) is 0 Å². The lowest BCUT2D eigenvalue weighted by Crippen LogP contribution is -3.11. The van der Waals surface area contributed by atoms with Crippen molar-refractivity contribution >= 4 is 23.2 Å². The Bertz CT molecular complexity index is 831. The van der Waals surface area contributed by atoms with Crippen LogP contribution in [-0.2, 0) is 4.79 Å². The smallest absolute Gasteiger partial charge is 0.279 e. The van der Waals surface area contributed by atoms with Crippen LogP contribution in [0.15, 0.2) is 36.4 Å². The highest BCUT2D eigenvalue weighted by Gasteiger charge is 2.33. The SMILES string of the molecule is COc1ccc([C@H]2CCC[NH+]2CC(=O)Nc2ccc(Cl)cc2F)c(OC)c1. The van der Waals surface area contributed by atoms with Crippen LogP contribution in [0.2, 0.25) is 5.02 Å². The standard InChI is InChI=1S/C20H22ClFN2O3/c1-26-14-6-7-15(19(11-14)27-2)18-4-3-9-24(18)12-20(25)23-17-8-5-13(21)10-16(17)22/h5-8,10-11,18H,3-4,9,12H2,1-2H3,(H,23,25)/p+1/t18-/m1/s1. The van der Waals surface area contributed by atoms with Crippen molar-refractivity contribution in [3.05, 3.63) is 52.8 Å². The van der Waals surface area contributed by atoms with E-state index >= 15 is 0 Å². The van der Waals surface area contributed by atoms with Gasteiger partial charge < -0.3 is 19.7 Å². The summed E-state index contributed by atoms with van der Waals surface area (Å²) in [6.07, 6.45) is 1.97. The minimum Gasteiger partial charge on any atom is -0.497 e. The van der Waals surface area contributed by atoms with Crippen molar-refractivity contribution < 1.29 is 23.6 Å². The van der Waals surface area contributed by atoms with Crippen LogP contribution >= 0.6 is 11.6 Å². The molecule has 1 fully saturated rings. The Morgan fingerprint density at radius 2 is 2.07 bits per heavy atom. The number of methoxy groups -OCH3 is 2. The number of hydrogen-bond donors (Lipinski definition) is 2. The molecule has 144 valence electrons. The van der Waals surface area contributed by atoms with E-state index in [-0.39, 0.29) is 24.2 Å². The Balaban J connectivity index is 1.72. The molecule has 7 heteroatoms. The van der Waals surface area contributed by atoms with Gasteiger partial charge in [-0.15, -0.1) is 0 Å². The molecule has 27 heavy (non-hydrogen) atoms. The van der Waals surface area contributed by atoms with E-state index in [1.807, 2.05) is 18.2 Å². The zero-order chi connectivity index (χ0) is 19.4. The van der Waals surface area contributed by atoms with E-state index in [0.29, 0.717) is 5.02 Å². The molecule has 1 heterocycles. The summed E-state index contributed by atoms with van der Waals surface area (Å²) in [4.78, 5) is 13.6. The molecule has 5 nitrogen and oxygen atoms in total. The number of ether oxygens (including phenoxy) is 2. The van der Waals surface area contributed by atoms with E-state index in [1.54, 1.807) is 20.3 Å². The maximum Gasteiger partial charge on any atom is 0.279 e. The predicted octanol–water partition coefficient (Wildman–Crippen LogP) is 2.85. The van der Waals surface area contributed by atoms with Crippen molar-refractivity contribution in [2.75, 3.05) is 32.6 Å². The topological polar surface area (TPSA) is 52.0 Å². The summed E-state index contributed by atoms with van der Waals surface area (Å²) in [7, 11) is 3.24. The van der Waals surface area contributed by atoms with Gasteiger partial charge in [0.25, 0.3) is 5.91 Å². The summed E-state index contributed by atoms with van der Waals surface area (Å²) >= 11 is 5.75. The zero-order valence-electron chi connectivity index (χ0n) is 15.4. The van der Waals surface area contributed by atoms with Crippen LogP contribution in [-0.4, -0.2) is 33.2 Å². The summed E-state index contributed by atoms with van der Waals surface area (Å²) < 4.78 is 24.7. The van der Waals surface area contributed by atoms with Gasteiger partial charge in [-0.05, 0) is 30.3 Å². The van der Waals surface area contributed by atoms with Gasteiger partial charge in [-0.3, -0.25) is 4.79 Å². The zero-order valence-corrected chi connectivity index (χ0v) is 16.1. The van der Waals surface area contributed by atoms with Crippen molar-refractivity contribution in [1.82, 2.24) is 0 Å². The van der Waals surface area contributed by atoms with Crippen LogP contribution in [0.25, 0.3) is 0 Å². The third-order valence-corrected chi connectivity index (χ3v) is 5.13. The number of carbonyl (C=O) groups excluding carboxylic acids is 1. The highest BCUT2D eigenvalue weighted by molar-refractivity contribution is 6.30. The van der Waals surface area contributed by atoms with Gasteiger partial charge >= 0.3 is 0 Å². The molecule has 0 bridgehead atoms. The van der Waals surface area contributed by atoms with Gasteiger partial charge in [0.15, 0.2) is 6.54 Å². The number of halogens is 2. The third-order valence-electron chi connectivity index (χ3n) is 4.89. The van der Waals surface area contributed by atoms with E-state index in [1.165, 1.54) is 12.1 Å². The normalized spacial score (nSPS) is 19.0. The van der Waals surface area contributed by atoms with E-state index in [2.05, 4.69) is 5.32 Å². The highest BCUT2D eigenvalue weighted by Crippen LogP contribution is 2.31. The molecule has 2 aromatic rings. The van der Waals surface area contributed by atoms with Crippen molar-refractivity contribution in [1.29, 1.82) is 0 Å². The number of quaternary nitrogens is 1. The summed E-state index contributed by atoms with van der Waals surface area (Å²) in [6.45, 7) is 1.12. The third kappa shape index (κ3) is 4.51. The number of benzene rings is 2. The van der Waals surface area contributed by atoms with Gasteiger partial charge in [-0.2, -0.15) is 0 Å². The molecule has 0 radical (unpaired) electrons. The lowest BCUT2D eigenvalue weighted by molar-refractivity contribution is -0.910. The molecule has 0 saturated carbocycles. The fourth-order valence-corrected chi connectivity index (χ4v) is 3.76. The number of carbonyl (C=O) groups is 1. The van der Waals surface area contributed by atoms with Gasteiger partial charge in [0, 0.05) is 23.9 Å². The highest BCUT2D eigenvalue weighted by atomic mass is 35.5. The van der Waals surface area contributed by atoms with Gasteiger partial charge in [-0.1, -0.05) is 11.6 Å². The molecular formula is C20H23ClFN2O3+. The second kappa shape index (κ2) is 8.59. The average molecular weight is 394 g/mol. The monoisotopic (exact) mass is 393 g/mol. The molecular weight excluding hydrogens is 371 g/mol. The Morgan fingerprint density at radius 3 is 2.78 bits per heavy atom. The largest absolute Gasteiger partial charge is 0.497 e. The van der Waals surface area contributed by atoms with Gasteiger partial charge in [-0.25, -0.2) is 4.39 Å². The van der Waals surface area contributed by atoms with Crippen LogP contribution in [0, 0.1) is 5.82 Å².